The lowest BCUT2D eigenvalue weighted by molar-refractivity contribution is -0.135. The minimum Gasteiger partial charge on any atom is -0.457 e. The second-order valence-electron chi connectivity index (χ2n) is 8.44. The van der Waals surface area contributed by atoms with E-state index in [4.69, 9.17) is 4.74 Å². The lowest BCUT2D eigenvalue weighted by Gasteiger charge is -2.30. The first-order valence-corrected chi connectivity index (χ1v) is 12.0. The Labute approximate surface area is 208 Å². The van der Waals surface area contributed by atoms with E-state index in [9.17, 15) is 19.5 Å². The molecule has 0 bridgehead atoms. The van der Waals surface area contributed by atoms with E-state index in [1.807, 2.05) is 19.1 Å². The van der Waals surface area contributed by atoms with Crippen molar-refractivity contribution >= 4 is 34.7 Å². The molecule has 4 amide bonds. The molecule has 1 aliphatic rings. The van der Waals surface area contributed by atoms with Crippen molar-refractivity contribution in [3.05, 3.63) is 48.8 Å². The van der Waals surface area contributed by atoms with Crippen molar-refractivity contribution in [2.45, 2.75) is 32.2 Å². The standard InChI is InChI=1S/C25H30N6O5/c1-2-26-25(35)31-13-9-17-14-18(6-7-21(17)31)36-19-8-10-27-22(15-19)29-24(34)28-20(16-32)23(33)30-11-4-3-5-12-30/h6-10,13-15,20,32H,2-5,11-12,16H2,1H3,(H,26,35)(H2,27,28,29,34)/t20-/m1/s1. The molecule has 1 fully saturated rings. The summed E-state index contributed by atoms with van der Waals surface area (Å²) in [4.78, 5) is 43.0. The monoisotopic (exact) mass is 494 g/mol. The number of aromatic nitrogens is 2. The zero-order valence-corrected chi connectivity index (χ0v) is 20.1. The number of carbonyl (C=O) groups is 3. The Morgan fingerprint density at radius 2 is 1.86 bits per heavy atom. The van der Waals surface area contributed by atoms with Gasteiger partial charge in [0.2, 0.25) is 5.91 Å². The molecule has 0 saturated carbocycles. The van der Waals surface area contributed by atoms with Crippen LogP contribution in [0.15, 0.2) is 48.8 Å². The number of piperidine rings is 1. The number of benzene rings is 1. The lowest BCUT2D eigenvalue weighted by atomic mass is 10.1. The molecule has 36 heavy (non-hydrogen) atoms. The molecular formula is C25H30N6O5. The number of hydrogen-bond acceptors (Lipinski definition) is 6. The van der Waals surface area contributed by atoms with Crippen LogP contribution in [-0.4, -0.2) is 69.8 Å². The van der Waals surface area contributed by atoms with Crippen LogP contribution in [0.2, 0.25) is 0 Å². The number of rotatable bonds is 7. The van der Waals surface area contributed by atoms with Crippen molar-refractivity contribution in [3.63, 3.8) is 0 Å². The van der Waals surface area contributed by atoms with Crippen molar-refractivity contribution in [2.75, 3.05) is 31.6 Å². The number of nitrogens with zero attached hydrogens (tertiary/aromatic N) is 3. The SMILES string of the molecule is CCNC(=O)n1ccc2cc(Oc3ccnc(NC(=O)N[C@H](CO)C(=O)N4CCCCC4)c3)ccc21. The summed E-state index contributed by atoms with van der Waals surface area (Å²) in [6, 6.07) is 8.47. The van der Waals surface area contributed by atoms with Gasteiger partial charge in [-0.15, -0.1) is 0 Å². The van der Waals surface area contributed by atoms with E-state index < -0.39 is 18.7 Å². The summed E-state index contributed by atoms with van der Waals surface area (Å²) >= 11 is 0. The molecule has 4 rings (SSSR count). The number of aliphatic hydroxyl groups excluding tert-OH is 1. The van der Waals surface area contributed by atoms with Gasteiger partial charge in [-0.25, -0.2) is 14.6 Å². The molecule has 0 aliphatic carbocycles. The molecular weight excluding hydrogens is 464 g/mol. The summed E-state index contributed by atoms with van der Waals surface area (Å²) in [6.45, 7) is 3.15. The highest BCUT2D eigenvalue weighted by atomic mass is 16.5. The summed E-state index contributed by atoms with van der Waals surface area (Å²) in [6.07, 6.45) is 6.08. The number of nitrogens with one attached hydrogen (secondary N) is 3. The maximum absolute atomic E-state index is 12.6. The largest absolute Gasteiger partial charge is 0.457 e. The van der Waals surface area contributed by atoms with Gasteiger partial charge < -0.3 is 25.4 Å². The topological polar surface area (TPSA) is 138 Å². The van der Waals surface area contributed by atoms with E-state index in [1.165, 1.54) is 10.8 Å². The Bertz CT molecular complexity index is 1240. The van der Waals surface area contributed by atoms with Gasteiger partial charge in [0.05, 0.1) is 12.1 Å². The third kappa shape index (κ3) is 5.92. The number of anilines is 1. The lowest BCUT2D eigenvalue weighted by Crippen LogP contribution is -2.52. The number of fused-ring (bicyclic) bond motifs is 1. The van der Waals surface area contributed by atoms with Gasteiger partial charge in [-0.05, 0) is 56.5 Å². The smallest absolute Gasteiger partial charge is 0.326 e. The molecule has 0 spiro atoms. The highest BCUT2D eigenvalue weighted by Gasteiger charge is 2.26. The summed E-state index contributed by atoms with van der Waals surface area (Å²) in [7, 11) is 0. The van der Waals surface area contributed by atoms with Crippen LogP contribution in [-0.2, 0) is 4.79 Å². The first kappa shape index (κ1) is 25.0. The quantitative estimate of drug-likeness (QED) is 0.399. The van der Waals surface area contributed by atoms with E-state index in [1.54, 1.807) is 35.4 Å². The van der Waals surface area contributed by atoms with Crippen LogP contribution in [0.1, 0.15) is 26.2 Å². The molecule has 3 heterocycles. The molecule has 0 unspecified atom stereocenters. The fourth-order valence-electron chi connectivity index (χ4n) is 4.11. The molecule has 1 aromatic carbocycles. The predicted molar refractivity (Wildman–Crippen MR) is 134 cm³/mol. The molecule has 190 valence electrons. The second-order valence-corrected chi connectivity index (χ2v) is 8.44. The molecule has 11 nitrogen and oxygen atoms in total. The van der Waals surface area contributed by atoms with Gasteiger partial charge in [0.1, 0.15) is 23.4 Å². The number of carbonyl (C=O) groups excluding carboxylic acids is 3. The summed E-state index contributed by atoms with van der Waals surface area (Å²) in [5.41, 5.74) is 0.750. The predicted octanol–water partition coefficient (Wildman–Crippen LogP) is 2.90. The number of aliphatic hydroxyl groups is 1. The Hall–Kier alpha value is -4.12. The van der Waals surface area contributed by atoms with Crippen LogP contribution >= 0.6 is 0 Å². The Morgan fingerprint density at radius 1 is 1.08 bits per heavy atom. The molecule has 0 radical (unpaired) electrons. The summed E-state index contributed by atoms with van der Waals surface area (Å²) in [5, 5.41) is 18.3. The van der Waals surface area contributed by atoms with Crippen LogP contribution in [0, 0.1) is 0 Å². The number of hydrogen-bond donors (Lipinski definition) is 4. The minimum absolute atomic E-state index is 0.203. The Morgan fingerprint density at radius 3 is 2.61 bits per heavy atom. The van der Waals surface area contributed by atoms with E-state index in [0.29, 0.717) is 31.1 Å². The van der Waals surface area contributed by atoms with Crippen molar-refractivity contribution in [2.24, 2.45) is 0 Å². The third-order valence-electron chi connectivity index (χ3n) is 5.87. The first-order chi connectivity index (χ1) is 17.5. The van der Waals surface area contributed by atoms with E-state index in [2.05, 4.69) is 20.9 Å². The van der Waals surface area contributed by atoms with Crippen LogP contribution in [0.5, 0.6) is 11.5 Å². The maximum Gasteiger partial charge on any atom is 0.326 e. The second kappa shape index (κ2) is 11.5. The highest BCUT2D eigenvalue weighted by Crippen LogP contribution is 2.27. The number of pyridine rings is 1. The molecule has 1 atom stereocenters. The van der Waals surface area contributed by atoms with E-state index in [0.717, 1.165) is 30.2 Å². The number of amides is 4. The van der Waals surface area contributed by atoms with Crippen LogP contribution < -0.4 is 20.7 Å². The Kier molecular flexibility index (Phi) is 8.01. The third-order valence-corrected chi connectivity index (χ3v) is 5.87. The minimum atomic E-state index is -1.03. The Balaban J connectivity index is 1.38. The maximum atomic E-state index is 12.6. The van der Waals surface area contributed by atoms with Gasteiger partial charge in [-0.2, -0.15) is 0 Å². The van der Waals surface area contributed by atoms with E-state index >= 15 is 0 Å². The summed E-state index contributed by atoms with van der Waals surface area (Å²) in [5.74, 6) is 0.903. The van der Waals surface area contributed by atoms with Gasteiger partial charge in [0.25, 0.3) is 0 Å². The van der Waals surface area contributed by atoms with Crippen LogP contribution in [0.3, 0.4) is 0 Å². The molecule has 11 heteroatoms. The van der Waals surface area contributed by atoms with Crippen LogP contribution in [0.25, 0.3) is 10.9 Å². The zero-order valence-electron chi connectivity index (χ0n) is 20.1. The number of urea groups is 1. The van der Waals surface area contributed by atoms with Crippen LogP contribution in [0.4, 0.5) is 15.4 Å². The molecule has 2 aromatic heterocycles. The van der Waals surface area contributed by atoms with Crippen molar-refractivity contribution in [1.82, 2.24) is 25.1 Å². The van der Waals surface area contributed by atoms with Crippen molar-refractivity contribution in [3.8, 4) is 11.5 Å². The summed E-state index contributed by atoms with van der Waals surface area (Å²) < 4.78 is 7.46. The molecule has 1 saturated heterocycles. The molecule has 3 aromatic rings. The van der Waals surface area contributed by atoms with Crippen molar-refractivity contribution in [1.29, 1.82) is 0 Å². The average Bonchev–Trinajstić information content (AvgIpc) is 3.31. The number of likely N-dealkylation sites (tertiary alicyclic amines) is 1. The van der Waals surface area contributed by atoms with Crippen molar-refractivity contribution < 1.29 is 24.2 Å². The first-order valence-electron chi connectivity index (χ1n) is 12.0. The van der Waals surface area contributed by atoms with Gasteiger partial charge in [-0.1, -0.05) is 0 Å². The molecule has 1 aliphatic heterocycles. The van der Waals surface area contributed by atoms with E-state index in [-0.39, 0.29) is 17.8 Å². The van der Waals surface area contributed by atoms with Gasteiger partial charge in [0, 0.05) is 43.5 Å². The fraction of sp³-hybridized carbons (Fsp3) is 0.360. The fourth-order valence-corrected chi connectivity index (χ4v) is 4.11. The average molecular weight is 495 g/mol. The zero-order chi connectivity index (χ0) is 25.5. The normalized spacial score (nSPS) is 14.2. The van der Waals surface area contributed by atoms with Gasteiger partial charge >= 0.3 is 12.1 Å². The molecule has 4 N–H and O–H groups in total. The van der Waals surface area contributed by atoms with Gasteiger partial charge in [0.15, 0.2) is 0 Å². The van der Waals surface area contributed by atoms with Gasteiger partial charge in [-0.3, -0.25) is 14.7 Å². The number of ether oxygens (including phenoxy) is 1. The highest BCUT2D eigenvalue weighted by molar-refractivity contribution is 5.94.